The van der Waals surface area contributed by atoms with Crippen LogP contribution in [0.4, 0.5) is 0 Å². The minimum atomic E-state index is -0.850. The summed E-state index contributed by atoms with van der Waals surface area (Å²) in [6, 6.07) is 7.29. The van der Waals surface area contributed by atoms with Gasteiger partial charge in [0.25, 0.3) is 0 Å². The van der Waals surface area contributed by atoms with Crippen LogP contribution in [0.2, 0.25) is 0 Å². The summed E-state index contributed by atoms with van der Waals surface area (Å²) < 4.78 is 0. The highest BCUT2D eigenvalue weighted by molar-refractivity contribution is 6.32. The second-order valence-electron chi connectivity index (χ2n) is 6.36. The summed E-state index contributed by atoms with van der Waals surface area (Å²) in [6.45, 7) is 1.77. The van der Waals surface area contributed by atoms with E-state index in [9.17, 15) is 24.6 Å². The van der Waals surface area contributed by atoms with E-state index in [1.807, 2.05) is 0 Å². The number of rotatable bonds is 0. The van der Waals surface area contributed by atoms with E-state index in [-0.39, 0.29) is 51.7 Å². The van der Waals surface area contributed by atoms with E-state index in [2.05, 4.69) is 0 Å². The summed E-state index contributed by atoms with van der Waals surface area (Å²) in [5, 5.41) is 20.3. The van der Waals surface area contributed by atoms with E-state index in [0.29, 0.717) is 5.56 Å². The van der Waals surface area contributed by atoms with Crippen LogP contribution in [0.15, 0.2) is 30.3 Å². The first-order valence-electron chi connectivity index (χ1n) is 7.71. The molecule has 24 heavy (non-hydrogen) atoms. The quantitative estimate of drug-likeness (QED) is 0.663. The first kappa shape index (κ1) is 14.8. The third kappa shape index (κ3) is 1.76. The van der Waals surface area contributed by atoms with Crippen molar-refractivity contribution < 1.29 is 24.6 Å². The van der Waals surface area contributed by atoms with E-state index in [0.717, 1.165) is 0 Å². The van der Waals surface area contributed by atoms with Gasteiger partial charge in [0.05, 0.1) is 11.7 Å². The Morgan fingerprint density at radius 2 is 1.58 bits per heavy atom. The molecule has 5 nitrogen and oxygen atoms in total. The van der Waals surface area contributed by atoms with Crippen LogP contribution in [-0.4, -0.2) is 27.6 Å². The average molecular weight is 322 g/mol. The SMILES string of the molecule is CC1CC(=O)c2c(ccc3c2C(=O)c2cccc(O)c2C3=O)C1O. The number of aliphatic hydroxyl groups excluding tert-OH is 1. The molecule has 0 fully saturated rings. The normalized spacial score (nSPS) is 22.0. The van der Waals surface area contributed by atoms with Gasteiger partial charge in [0.1, 0.15) is 5.75 Å². The van der Waals surface area contributed by atoms with Crippen molar-refractivity contribution in [3.05, 3.63) is 63.7 Å². The van der Waals surface area contributed by atoms with Gasteiger partial charge in [0, 0.05) is 28.7 Å². The molecule has 0 spiro atoms. The molecule has 4 rings (SSSR count). The van der Waals surface area contributed by atoms with Gasteiger partial charge in [-0.05, 0) is 23.6 Å². The Labute approximate surface area is 137 Å². The molecule has 2 aromatic rings. The minimum Gasteiger partial charge on any atom is -0.507 e. The van der Waals surface area contributed by atoms with Crippen molar-refractivity contribution in [1.29, 1.82) is 0 Å². The molecule has 0 amide bonds. The molecule has 0 saturated carbocycles. The van der Waals surface area contributed by atoms with E-state index >= 15 is 0 Å². The molecule has 2 unspecified atom stereocenters. The van der Waals surface area contributed by atoms with Crippen molar-refractivity contribution in [3.63, 3.8) is 0 Å². The van der Waals surface area contributed by atoms with Crippen LogP contribution in [0.5, 0.6) is 5.75 Å². The van der Waals surface area contributed by atoms with Gasteiger partial charge in [-0.25, -0.2) is 0 Å². The molecule has 0 radical (unpaired) electrons. The van der Waals surface area contributed by atoms with Crippen LogP contribution in [0.3, 0.4) is 0 Å². The maximum absolute atomic E-state index is 12.9. The van der Waals surface area contributed by atoms with Gasteiger partial charge in [0.2, 0.25) is 0 Å². The Bertz CT molecular complexity index is 941. The Balaban J connectivity index is 2.05. The summed E-state index contributed by atoms with van der Waals surface area (Å²) in [7, 11) is 0. The molecule has 0 saturated heterocycles. The van der Waals surface area contributed by atoms with Crippen molar-refractivity contribution in [2.75, 3.05) is 0 Å². The number of aromatic hydroxyl groups is 1. The van der Waals surface area contributed by atoms with E-state index in [4.69, 9.17) is 0 Å². The number of carbonyl (C=O) groups is 3. The van der Waals surface area contributed by atoms with Crippen molar-refractivity contribution in [3.8, 4) is 5.75 Å². The Morgan fingerprint density at radius 1 is 0.917 bits per heavy atom. The molecule has 2 atom stereocenters. The number of benzene rings is 2. The van der Waals surface area contributed by atoms with E-state index < -0.39 is 17.7 Å². The van der Waals surface area contributed by atoms with Crippen molar-refractivity contribution in [2.45, 2.75) is 19.4 Å². The fourth-order valence-electron chi connectivity index (χ4n) is 3.64. The van der Waals surface area contributed by atoms with Crippen molar-refractivity contribution in [2.24, 2.45) is 5.92 Å². The smallest absolute Gasteiger partial charge is 0.198 e. The van der Waals surface area contributed by atoms with Crippen molar-refractivity contribution in [1.82, 2.24) is 0 Å². The number of hydrogen-bond donors (Lipinski definition) is 2. The summed E-state index contributed by atoms with van der Waals surface area (Å²) in [4.78, 5) is 38.2. The number of Topliss-reactive ketones (excluding diaryl/α,β-unsaturated/α-hetero) is 1. The first-order valence-corrected chi connectivity index (χ1v) is 7.71. The molecule has 5 heteroatoms. The molecule has 2 aliphatic rings. The summed E-state index contributed by atoms with van der Waals surface area (Å²) >= 11 is 0. The molecular weight excluding hydrogens is 308 g/mol. The Kier molecular flexibility index (Phi) is 2.99. The van der Waals surface area contributed by atoms with Gasteiger partial charge in [-0.3, -0.25) is 14.4 Å². The predicted octanol–water partition coefficient (Wildman–Crippen LogP) is 2.42. The number of aliphatic hydroxyl groups is 1. The largest absolute Gasteiger partial charge is 0.507 e. The monoisotopic (exact) mass is 322 g/mol. The Hall–Kier alpha value is -2.79. The maximum atomic E-state index is 12.9. The first-order chi connectivity index (χ1) is 11.4. The molecule has 0 heterocycles. The fourth-order valence-corrected chi connectivity index (χ4v) is 3.64. The molecule has 0 aliphatic heterocycles. The second kappa shape index (κ2) is 4.85. The number of fused-ring (bicyclic) bond motifs is 4. The lowest BCUT2D eigenvalue weighted by atomic mass is 9.73. The van der Waals surface area contributed by atoms with Crippen LogP contribution in [-0.2, 0) is 0 Å². The molecule has 0 aromatic heterocycles. The fraction of sp³-hybridized carbons (Fsp3) is 0.211. The summed E-state index contributed by atoms with van der Waals surface area (Å²) in [5.41, 5.74) is 0.732. The number of ketones is 3. The average Bonchev–Trinajstić information content (AvgIpc) is 2.56. The van der Waals surface area contributed by atoms with Crippen LogP contribution >= 0.6 is 0 Å². The molecular formula is C19H14O5. The summed E-state index contributed by atoms with van der Waals surface area (Å²) in [5.74, 6) is -1.70. The summed E-state index contributed by atoms with van der Waals surface area (Å²) in [6.07, 6.45) is -0.726. The number of phenols is 1. The maximum Gasteiger partial charge on any atom is 0.198 e. The molecule has 120 valence electrons. The third-order valence-corrected chi connectivity index (χ3v) is 4.87. The minimum absolute atomic E-state index is 0.0351. The van der Waals surface area contributed by atoms with Crippen LogP contribution < -0.4 is 0 Å². The molecule has 0 bridgehead atoms. The number of phenolic OH excluding ortho intramolecular Hbond substituents is 1. The second-order valence-corrected chi connectivity index (χ2v) is 6.36. The number of carbonyl (C=O) groups excluding carboxylic acids is 3. The molecule has 2 N–H and O–H groups in total. The zero-order valence-electron chi connectivity index (χ0n) is 12.9. The van der Waals surface area contributed by atoms with Crippen molar-refractivity contribution >= 4 is 17.3 Å². The predicted molar refractivity (Wildman–Crippen MR) is 84.5 cm³/mol. The zero-order valence-corrected chi connectivity index (χ0v) is 12.9. The van der Waals surface area contributed by atoms with Crippen LogP contribution in [0.25, 0.3) is 0 Å². The van der Waals surface area contributed by atoms with Gasteiger partial charge >= 0.3 is 0 Å². The zero-order chi connectivity index (χ0) is 17.2. The van der Waals surface area contributed by atoms with Crippen LogP contribution in [0, 0.1) is 5.92 Å². The van der Waals surface area contributed by atoms with Gasteiger partial charge < -0.3 is 10.2 Å². The van der Waals surface area contributed by atoms with Gasteiger partial charge in [-0.2, -0.15) is 0 Å². The van der Waals surface area contributed by atoms with E-state index in [1.54, 1.807) is 6.92 Å². The molecule has 2 aromatic carbocycles. The van der Waals surface area contributed by atoms with Gasteiger partial charge in [-0.15, -0.1) is 0 Å². The van der Waals surface area contributed by atoms with Gasteiger partial charge in [0.15, 0.2) is 17.3 Å². The molecule has 2 aliphatic carbocycles. The van der Waals surface area contributed by atoms with Gasteiger partial charge in [-0.1, -0.05) is 25.1 Å². The third-order valence-electron chi connectivity index (χ3n) is 4.87. The topological polar surface area (TPSA) is 91.7 Å². The number of hydrogen-bond acceptors (Lipinski definition) is 5. The Morgan fingerprint density at radius 3 is 2.33 bits per heavy atom. The lowest BCUT2D eigenvalue weighted by molar-refractivity contribution is 0.0745. The highest BCUT2D eigenvalue weighted by Crippen LogP contribution is 2.41. The highest BCUT2D eigenvalue weighted by Gasteiger charge is 2.39. The lowest BCUT2D eigenvalue weighted by Gasteiger charge is -2.30. The van der Waals surface area contributed by atoms with E-state index in [1.165, 1.54) is 30.3 Å². The standard InChI is InChI=1S/C19H14O5/c1-8-7-13(21)14-10(17(8)22)5-6-11-16(14)19(24)9-3-2-4-12(20)15(9)18(11)23/h2-6,8,17,20,22H,7H2,1H3. The van der Waals surface area contributed by atoms with Crippen LogP contribution in [0.1, 0.15) is 67.2 Å². The highest BCUT2D eigenvalue weighted by atomic mass is 16.3. The lowest BCUT2D eigenvalue weighted by Crippen LogP contribution is -2.30.